The maximum absolute atomic E-state index is 13.0. The molecule has 0 aliphatic rings. The number of nitriles is 1. The van der Waals surface area contributed by atoms with Crippen LogP contribution in [0.3, 0.4) is 0 Å². The summed E-state index contributed by atoms with van der Waals surface area (Å²) < 4.78 is 50.5. The Labute approximate surface area is 257 Å². The molecule has 4 aromatic rings. The van der Waals surface area contributed by atoms with E-state index in [1.165, 1.54) is 6.20 Å². The van der Waals surface area contributed by atoms with Gasteiger partial charge in [0.05, 0.1) is 45.3 Å². The number of halogens is 4. The van der Waals surface area contributed by atoms with Crippen LogP contribution in [0.15, 0.2) is 54.9 Å². The van der Waals surface area contributed by atoms with Gasteiger partial charge in [-0.3, -0.25) is 14.8 Å². The molecule has 0 spiro atoms. The number of anilines is 3. The predicted octanol–water partition coefficient (Wildman–Crippen LogP) is 7.18. The van der Waals surface area contributed by atoms with Crippen LogP contribution in [0.4, 0.5) is 30.2 Å². The Hall–Kier alpha value is -4.60. The van der Waals surface area contributed by atoms with Crippen LogP contribution in [0.25, 0.3) is 10.9 Å². The minimum Gasteiger partial charge on any atom is -0.492 e. The lowest BCUT2D eigenvalue weighted by atomic mass is 10.1. The average Bonchev–Trinajstić information content (AvgIpc) is 2.97. The molecule has 0 saturated carbocycles. The van der Waals surface area contributed by atoms with Crippen LogP contribution < -0.4 is 20.1 Å². The smallest absolute Gasteiger partial charge is 0.416 e. The summed E-state index contributed by atoms with van der Waals surface area (Å²) in [6, 6.07) is 12.1. The lowest BCUT2D eigenvalue weighted by molar-refractivity contribution is -0.137. The average molecular weight is 627 g/mol. The number of alkyl halides is 3. The molecule has 44 heavy (non-hydrogen) atoms. The first-order chi connectivity index (χ1) is 21.0. The van der Waals surface area contributed by atoms with Crippen LogP contribution in [-0.2, 0) is 17.6 Å². The number of fused-ring (bicyclic) bond motifs is 1. The minimum atomic E-state index is -4.50. The second kappa shape index (κ2) is 14.2. The highest BCUT2D eigenvalue weighted by Gasteiger charge is 2.30. The fourth-order valence-electron chi connectivity index (χ4n) is 4.31. The minimum absolute atomic E-state index is 0.0898. The molecule has 0 radical (unpaired) electrons. The summed E-state index contributed by atoms with van der Waals surface area (Å²) in [6.07, 6.45) is -0.992. The normalized spacial score (nSPS) is 11.3. The molecule has 1 amide bonds. The second-order valence-electron chi connectivity index (χ2n) is 10.0. The number of hydrogen-bond donors (Lipinski definition) is 2. The SMILES string of the molecule is CCOc1cc2ncc(C#N)c(Nc3ccc(OCc4cc(C(F)(F)F)ccn4)c(Cl)c3)c2cc1NC(=O)CCCN(C)C. The summed E-state index contributed by atoms with van der Waals surface area (Å²) in [6.45, 7) is 2.74. The van der Waals surface area contributed by atoms with Gasteiger partial charge in [-0.25, -0.2) is 0 Å². The van der Waals surface area contributed by atoms with E-state index in [2.05, 4.69) is 26.7 Å². The van der Waals surface area contributed by atoms with E-state index in [4.69, 9.17) is 21.1 Å². The van der Waals surface area contributed by atoms with Crippen molar-refractivity contribution in [2.75, 3.05) is 37.9 Å². The zero-order valence-electron chi connectivity index (χ0n) is 24.3. The van der Waals surface area contributed by atoms with E-state index in [-0.39, 0.29) is 34.5 Å². The molecule has 0 saturated heterocycles. The number of ether oxygens (including phenoxy) is 2. The number of aromatic nitrogens is 2. The van der Waals surface area contributed by atoms with Crippen LogP contribution >= 0.6 is 11.6 Å². The Bertz CT molecular complexity index is 1690. The number of nitrogens with one attached hydrogen (secondary N) is 2. The Morgan fingerprint density at radius 3 is 2.57 bits per heavy atom. The van der Waals surface area contributed by atoms with E-state index >= 15 is 0 Å². The topological polar surface area (TPSA) is 112 Å². The van der Waals surface area contributed by atoms with Gasteiger partial charge >= 0.3 is 6.18 Å². The van der Waals surface area contributed by atoms with Crippen molar-refractivity contribution in [1.29, 1.82) is 5.26 Å². The molecule has 0 bridgehead atoms. The van der Waals surface area contributed by atoms with Gasteiger partial charge < -0.3 is 25.0 Å². The monoisotopic (exact) mass is 626 g/mol. The van der Waals surface area contributed by atoms with Crippen LogP contribution in [0.5, 0.6) is 11.5 Å². The molecule has 0 fully saturated rings. The molecule has 13 heteroatoms. The summed E-state index contributed by atoms with van der Waals surface area (Å²) in [5.74, 6) is 0.509. The van der Waals surface area contributed by atoms with Crippen LogP contribution in [0, 0.1) is 11.3 Å². The van der Waals surface area contributed by atoms with Gasteiger partial charge in [0.2, 0.25) is 5.91 Å². The number of amides is 1. The van der Waals surface area contributed by atoms with E-state index in [0.717, 1.165) is 24.9 Å². The van der Waals surface area contributed by atoms with Gasteiger partial charge in [0, 0.05) is 36.0 Å². The Balaban J connectivity index is 1.59. The molecular formula is C31H30ClF3N6O3. The summed E-state index contributed by atoms with van der Waals surface area (Å²) >= 11 is 6.45. The summed E-state index contributed by atoms with van der Waals surface area (Å²) in [7, 11) is 3.88. The van der Waals surface area contributed by atoms with Crippen LogP contribution in [0.2, 0.25) is 5.02 Å². The van der Waals surface area contributed by atoms with Crippen LogP contribution in [0.1, 0.15) is 36.6 Å². The molecule has 2 heterocycles. The van der Waals surface area contributed by atoms with Crippen molar-refractivity contribution >= 4 is 45.5 Å². The number of hydrogen-bond acceptors (Lipinski definition) is 8. The Kier molecular flexibility index (Phi) is 10.5. The maximum Gasteiger partial charge on any atom is 0.416 e. The summed E-state index contributed by atoms with van der Waals surface area (Å²) in [5, 5.41) is 16.7. The molecule has 0 aliphatic heterocycles. The van der Waals surface area contributed by atoms with E-state index < -0.39 is 11.7 Å². The van der Waals surface area contributed by atoms with Crippen LogP contribution in [-0.4, -0.2) is 48.0 Å². The highest BCUT2D eigenvalue weighted by Crippen LogP contribution is 2.37. The van der Waals surface area contributed by atoms with E-state index in [9.17, 15) is 23.2 Å². The number of rotatable bonds is 12. The molecule has 4 rings (SSSR count). The number of carbonyl (C=O) groups is 1. The van der Waals surface area contributed by atoms with Gasteiger partial charge in [0.25, 0.3) is 0 Å². The highest BCUT2D eigenvalue weighted by atomic mass is 35.5. The number of carbonyl (C=O) groups excluding carboxylic acids is 1. The fourth-order valence-corrected chi connectivity index (χ4v) is 4.54. The molecule has 0 atom stereocenters. The second-order valence-corrected chi connectivity index (χ2v) is 10.4. The van der Waals surface area contributed by atoms with E-state index in [1.54, 1.807) is 30.3 Å². The van der Waals surface area contributed by atoms with Gasteiger partial charge in [-0.2, -0.15) is 18.4 Å². The fraction of sp³-hybridized carbons (Fsp3) is 0.290. The molecule has 2 N–H and O–H groups in total. The maximum atomic E-state index is 13.0. The van der Waals surface area contributed by atoms with Gasteiger partial charge in [0.15, 0.2) is 0 Å². The van der Waals surface area contributed by atoms with Crippen molar-refractivity contribution in [2.24, 2.45) is 0 Å². The van der Waals surface area contributed by atoms with Crippen molar-refractivity contribution in [3.8, 4) is 17.6 Å². The number of pyridine rings is 2. The first kappa shape index (κ1) is 32.3. The first-order valence-electron chi connectivity index (χ1n) is 13.6. The van der Waals surface area contributed by atoms with Crippen molar-refractivity contribution < 1.29 is 27.4 Å². The van der Waals surface area contributed by atoms with E-state index in [0.29, 0.717) is 53.2 Å². The van der Waals surface area contributed by atoms with Gasteiger partial charge in [0.1, 0.15) is 24.2 Å². The zero-order chi connectivity index (χ0) is 31.9. The van der Waals surface area contributed by atoms with E-state index in [1.807, 2.05) is 25.9 Å². The molecular weight excluding hydrogens is 597 g/mol. The summed E-state index contributed by atoms with van der Waals surface area (Å²) in [4.78, 5) is 23.0. The third kappa shape index (κ3) is 8.27. The van der Waals surface area contributed by atoms with Crippen molar-refractivity contribution in [3.63, 3.8) is 0 Å². The standard InChI is InChI=1S/C31H30ClF3N6O3/c1-4-43-28-15-25-23(14-26(28)40-29(42)6-5-11-41(2)3)30(19(16-36)17-38-25)39-21-7-8-27(24(32)13-21)44-18-22-12-20(9-10-37-22)31(33,34)35/h7-10,12-15,17H,4-6,11,18H2,1-3H3,(H,38,39)(H,40,42). The highest BCUT2D eigenvalue weighted by molar-refractivity contribution is 6.32. The Morgan fingerprint density at radius 1 is 1.09 bits per heavy atom. The molecule has 2 aromatic heterocycles. The number of benzene rings is 2. The summed E-state index contributed by atoms with van der Waals surface area (Å²) in [5.41, 5.74) is 1.42. The Morgan fingerprint density at radius 2 is 1.89 bits per heavy atom. The largest absolute Gasteiger partial charge is 0.492 e. The number of nitrogens with zero attached hydrogens (tertiary/aromatic N) is 4. The van der Waals surface area contributed by atoms with Crippen molar-refractivity contribution in [2.45, 2.75) is 32.5 Å². The molecule has 2 aromatic carbocycles. The van der Waals surface area contributed by atoms with Gasteiger partial charge in [-0.1, -0.05) is 11.6 Å². The quantitative estimate of drug-likeness (QED) is 0.170. The third-order valence-electron chi connectivity index (χ3n) is 6.39. The van der Waals surface area contributed by atoms with Gasteiger partial charge in [-0.05, 0) is 70.4 Å². The molecule has 0 aliphatic carbocycles. The molecule has 0 unspecified atom stereocenters. The first-order valence-corrected chi connectivity index (χ1v) is 14.0. The predicted molar refractivity (Wildman–Crippen MR) is 162 cm³/mol. The van der Waals surface area contributed by atoms with Crippen molar-refractivity contribution in [1.82, 2.24) is 14.9 Å². The lowest BCUT2D eigenvalue weighted by Gasteiger charge is -2.17. The zero-order valence-corrected chi connectivity index (χ0v) is 25.0. The van der Waals surface area contributed by atoms with Gasteiger partial charge in [-0.15, -0.1) is 0 Å². The van der Waals surface area contributed by atoms with Crippen molar-refractivity contribution in [3.05, 3.63) is 76.7 Å². The molecule has 230 valence electrons. The third-order valence-corrected chi connectivity index (χ3v) is 6.69. The molecule has 9 nitrogen and oxygen atoms in total. The lowest BCUT2D eigenvalue weighted by Crippen LogP contribution is -2.17.